The molecule has 1 heterocycles. The zero-order valence-corrected chi connectivity index (χ0v) is 16.4. The van der Waals surface area contributed by atoms with Crippen LogP contribution in [-0.4, -0.2) is 19.5 Å². The zero-order chi connectivity index (χ0) is 18.2. The Labute approximate surface area is 162 Å². The van der Waals surface area contributed by atoms with Crippen LogP contribution in [0.15, 0.2) is 48.5 Å². The molecular formula is C23H29ClO2. The van der Waals surface area contributed by atoms with E-state index in [4.69, 9.17) is 21.1 Å². The SMILES string of the molecule is CCCCCC1COC(CCc2ccc(-c3ccc(Cl)cc3)cc2)OC1. The summed E-state index contributed by atoms with van der Waals surface area (Å²) in [7, 11) is 0. The third-order valence-electron chi connectivity index (χ3n) is 5.05. The zero-order valence-electron chi connectivity index (χ0n) is 15.6. The topological polar surface area (TPSA) is 18.5 Å². The van der Waals surface area contributed by atoms with Crippen LogP contribution in [0.4, 0.5) is 0 Å². The summed E-state index contributed by atoms with van der Waals surface area (Å²) < 4.78 is 11.8. The van der Waals surface area contributed by atoms with Crippen molar-refractivity contribution in [3.8, 4) is 11.1 Å². The minimum absolute atomic E-state index is 0.0478. The Kier molecular flexibility index (Phi) is 7.55. The molecule has 3 heteroatoms. The number of halogens is 1. The van der Waals surface area contributed by atoms with E-state index in [1.54, 1.807) is 0 Å². The number of ether oxygens (including phenoxy) is 2. The number of unbranched alkanes of at least 4 members (excludes halogenated alkanes) is 2. The summed E-state index contributed by atoms with van der Waals surface area (Å²) in [4.78, 5) is 0. The van der Waals surface area contributed by atoms with E-state index in [0.29, 0.717) is 5.92 Å². The maximum atomic E-state index is 5.96. The van der Waals surface area contributed by atoms with Gasteiger partial charge in [0.2, 0.25) is 0 Å². The number of hydrogen-bond acceptors (Lipinski definition) is 2. The van der Waals surface area contributed by atoms with Gasteiger partial charge in [0.05, 0.1) is 13.2 Å². The van der Waals surface area contributed by atoms with Gasteiger partial charge in [-0.2, -0.15) is 0 Å². The average Bonchev–Trinajstić information content (AvgIpc) is 2.69. The van der Waals surface area contributed by atoms with E-state index in [9.17, 15) is 0 Å². The molecule has 140 valence electrons. The predicted molar refractivity (Wildman–Crippen MR) is 109 cm³/mol. The molecule has 0 saturated carbocycles. The first-order valence-corrected chi connectivity index (χ1v) is 10.2. The average molecular weight is 373 g/mol. The molecule has 1 saturated heterocycles. The quantitative estimate of drug-likeness (QED) is 0.492. The molecule has 0 aromatic heterocycles. The highest BCUT2D eigenvalue weighted by Crippen LogP contribution is 2.23. The Bertz CT molecular complexity index is 643. The van der Waals surface area contributed by atoms with Crippen LogP contribution in [0.3, 0.4) is 0 Å². The molecule has 2 aromatic rings. The maximum Gasteiger partial charge on any atom is 0.157 e. The highest BCUT2D eigenvalue weighted by atomic mass is 35.5. The third-order valence-corrected chi connectivity index (χ3v) is 5.30. The molecule has 0 N–H and O–H groups in total. The van der Waals surface area contributed by atoms with Gasteiger partial charge < -0.3 is 9.47 Å². The van der Waals surface area contributed by atoms with E-state index in [2.05, 4.69) is 43.3 Å². The van der Waals surface area contributed by atoms with Gasteiger partial charge in [0.15, 0.2) is 6.29 Å². The van der Waals surface area contributed by atoms with E-state index < -0.39 is 0 Å². The standard InChI is InChI=1S/C23H29ClO2/c1-2-3-4-5-19-16-25-23(26-17-19)15-8-18-6-9-20(10-7-18)21-11-13-22(24)14-12-21/h6-7,9-14,19,23H,2-5,8,15-17H2,1H3. The van der Waals surface area contributed by atoms with Gasteiger partial charge in [-0.05, 0) is 41.7 Å². The van der Waals surface area contributed by atoms with Gasteiger partial charge in [0.25, 0.3) is 0 Å². The lowest BCUT2D eigenvalue weighted by Gasteiger charge is -2.29. The second-order valence-corrected chi connectivity index (χ2v) is 7.64. The first kappa shape index (κ1) is 19.4. The Morgan fingerprint density at radius 2 is 1.46 bits per heavy atom. The van der Waals surface area contributed by atoms with Gasteiger partial charge in [-0.15, -0.1) is 0 Å². The summed E-state index contributed by atoms with van der Waals surface area (Å²) >= 11 is 5.96. The lowest BCUT2D eigenvalue weighted by molar-refractivity contribution is -0.203. The molecule has 1 fully saturated rings. The first-order valence-electron chi connectivity index (χ1n) is 9.82. The molecule has 0 unspecified atom stereocenters. The van der Waals surface area contributed by atoms with Crippen LogP contribution in [-0.2, 0) is 15.9 Å². The van der Waals surface area contributed by atoms with Crippen LogP contribution >= 0.6 is 11.6 Å². The van der Waals surface area contributed by atoms with Crippen molar-refractivity contribution in [2.75, 3.05) is 13.2 Å². The van der Waals surface area contributed by atoms with Crippen molar-refractivity contribution < 1.29 is 9.47 Å². The van der Waals surface area contributed by atoms with Crippen LogP contribution in [0.25, 0.3) is 11.1 Å². The van der Waals surface area contributed by atoms with Gasteiger partial charge in [-0.3, -0.25) is 0 Å². The Morgan fingerprint density at radius 3 is 2.08 bits per heavy atom. The van der Waals surface area contributed by atoms with Crippen LogP contribution in [0.5, 0.6) is 0 Å². The second-order valence-electron chi connectivity index (χ2n) is 7.20. The maximum absolute atomic E-state index is 5.96. The largest absolute Gasteiger partial charge is 0.352 e. The van der Waals surface area contributed by atoms with Gasteiger partial charge in [0.1, 0.15) is 0 Å². The first-order chi connectivity index (χ1) is 12.7. The lowest BCUT2D eigenvalue weighted by Crippen LogP contribution is -2.32. The summed E-state index contributed by atoms with van der Waals surface area (Å²) in [5.41, 5.74) is 3.72. The van der Waals surface area contributed by atoms with Crippen LogP contribution in [0.1, 0.15) is 44.6 Å². The van der Waals surface area contributed by atoms with Crippen molar-refractivity contribution in [1.82, 2.24) is 0 Å². The lowest BCUT2D eigenvalue weighted by atomic mass is 10.0. The number of benzene rings is 2. The van der Waals surface area contributed by atoms with E-state index in [-0.39, 0.29) is 6.29 Å². The molecule has 0 radical (unpaired) electrons. The molecule has 2 aromatic carbocycles. The summed E-state index contributed by atoms with van der Waals surface area (Å²) in [6.07, 6.45) is 6.95. The van der Waals surface area contributed by atoms with Gasteiger partial charge in [-0.1, -0.05) is 74.2 Å². The minimum atomic E-state index is -0.0478. The van der Waals surface area contributed by atoms with Crippen molar-refractivity contribution in [3.63, 3.8) is 0 Å². The molecular weight excluding hydrogens is 344 g/mol. The van der Waals surface area contributed by atoms with Crippen molar-refractivity contribution in [2.24, 2.45) is 5.92 Å². The fourth-order valence-electron chi connectivity index (χ4n) is 3.39. The normalized spacial score (nSPS) is 20.2. The summed E-state index contributed by atoms with van der Waals surface area (Å²) in [5.74, 6) is 0.580. The van der Waals surface area contributed by atoms with E-state index in [1.165, 1.54) is 42.4 Å². The number of aryl methyl sites for hydroxylation is 1. The van der Waals surface area contributed by atoms with Crippen molar-refractivity contribution in [1.29, 1.82) is 0 Å². The molecule has 0 spiro atoms. The number of hydrogen-bond donors (Lipinski definition) is 0. The van der Waals surface area contributed by atoms with E-state index >= 15 is 0 Å². The van der Waals surface area contributed by atoms with Gasteiger partial charge in [-0.25, -0.2) is 0 Å². The van der Waals surface area contributed by atoms with Crippen LogP contribution < -0.4 is 0 Å². The van der Waals surface area contributed by atoms with Gasteiger partial charge >= 0.3 is 0 Å². The summed E-state index contributed by atoms with van der Waals surface area (Å²) in [6, 6.07) is 16.7. The molecule has 0 atom stereocenters. The molecule has 0 bridgehead atoms. The fraction of sp³-hybridized carbons (Fsp3) is 0.478. The van der Waals surface area contributed by atoms with Crippen molar-refractivity contribution in [3.05, 3.63) is 59.1 Å². The molecule has 26 heavy (non-hydrogen) atoms. The van der Waals surface area contributed by atoms with Crippen LogP contribution in [0.2, 0.25) is 5.02 Å². The molecule has 1 aliphatic rings. The summed E-state index contributed by atoms with van der Waals surface area (Å²) in [5, 5.41) is 0.769. The Balaban J connectivity index is 1.42. The van der Waals surface area contributed by atoms with Crippen molar-refractivity contribution in [2.45, 2.75) is 51.7 Å². The van der Waals surface area contributed by atoms with E-state index in [1.807, 2.05) is 12.1 Å². The molecule has 0 aliphatic carbocycles. The molecule has 3 rings (SSSR count). The fourth-order valence-corrected chi connectivity index (χ4v) is 3.52. The Hall–Kier alpha value is -1.35. The van der Waals surface area contributed by atoms with Crippen molar-refractivity contribution >= 4 is 11.6 Å². The molecule has 1 aliphatic heterocycles. The van der Waals surface area contributed by atoms with Gasteiger partial charge in [0, 0.05) is 17.4 Å². The highest BCUT2D eigenvalue weighted by molar-refractivity contribution is 6.30. The summed E-state index contributed by atoms with van der Waals surface area (Å²) in [6.45, 7) is 3.94. The van der Waals surface area contributed by atoms with Crippen LogP contribution in [0, 0.1) is 5.92 Å². The highest BCUT2D eigenvalue weighted by Gasteiger charge is 2.21. The molecule has 0 amide bonds. The molecule has 2 nitrogen and oxygen atoms in total. The van der Waals surface area contributed by atoms with E-state index in [0.717, 1.165) is 31.1 Å². The minimum Gasteiger partial charge on any atom is -0.352 e. The predicted octanol–water partition coefficient (Wildman–Crippen LogP) is 6.51. The second kappa shape index (κ2) is 10.1. The third kappa shape index (κ3) is 5.84. The number of rotatable bonds is 8. The smallest absolute Gasteiger partial charge is 0.157 e. The Morgan fingerprint density at radius 1 is 0.846 bits per heavy atom. The monoisotopic (exact) mass is 372 g/mol.